The fraction of sp³-hybridized carbons (Fsp3) is 0.136. The first-order chi connectivity index (χ1) is 14.2. The molecule has 7 heteroatoms. The molecule has 0 radical (unpaired) electrons. The molecule has 2 aromatic heterocycles. The minimum Gasteiger partial charge on any atom is -0.490 e. The van der Waals surface area contributed by atoms with Crippen LogP contribution in [-0.4, -0.2) is 28.1 Å². The van der Waals surface area contributed by atoms with Gasteiger partial charge in [-0.05, 0) is 54.4 Å². The van der Waals surface area contributed by atoms with Crippen molar-refractivity contribution in [3.05, 3.63) is 70.8 Å². The average molecular weight is 385 g/mol. The minimum atomic E-state index is -0.103. The topological polar surface area (TPSA) is 91.9 Å². The van der Waals surface area contributed by atoms with Crippen molar-refractivity contribution in [1.29, 1.82) is 0 Å². The largest absolute Gasteiger partial charge is 0.490 e. The molecular formula is C22H19N5O2. The van der Waals surface area contributed by atoms with Gasteiger partial charge >= 0.3 is 0 Å². The van der Waals surface area contributed by atoms with Crippen LogP contribution in [0.4, 0.5) is 17.3 Å². The number of anilines is 3. The molecule has 0 bridgehead atoms. The Hall–Kier alpha value is -3.87. The van der Waals surface area contributed by atoms with E-state index >= 15 is 0 Å². The smallest absolute Gasteiger partial charge is 0.256 e. The SMILES string of the molecule is Cc1cc[nH]c(=O)c1-c1ccc2nc(Nc3ccc4c(c3)NCCO4)ncc2c1. The number of H-pyrrole nitrogens is 1. The molecule has 5 rings (SSSR count). The third kappa shape index (κ3) is 3.27. The number of pyridine rings is 1. The summed E-state index contributed by atoms with van der Waals surface area (Å²) in [6.07, 6.45) is 3.42. The number of rotatable bonds is 3. The molecule has 0 saturated carbocycles. The van der Waals surface area contributed by atoms with Gasteiger partial charge in [-0.2, -0.15) is 0 Å². The van der Waals surface area contributed by atoms with Gasteiger partial charge in [0.1, 0.15) is 12.4 Å². The van der Waals surface area contributed by atoms with Crippen molar-refractivity contribution in [2.24, 2.45) is 0 Å². The molecule has 0 saturated heterocycles. The predicted octanol–water partition coefficient (Wildman–Crippen LogP) is 3.84. The number of aromatic amines is 1. The highest BCUT2D eigenvalue weighted by atomic mass is 16.5. The Balaban J connectivity index is 1.46. The van der Waals surface area contributed by atoms with E-state index in [2.05, 4.69) is 25.6 Å². The molecule has 0 spiro atoms. The van der Waals surface area contributed by atoms with E-state index in [1.165, 1.54) is 0 Å². The summed E-state index contributed by atoms with van der Waals surface area (Å²) in [4.78, 5) is 24.0. The quantitative estimate of drug-likeness (QED) is 0.496. The van der Waals surface area contributed by atoms with Gasteiger partial charge in [-0.1, -0.05) is 6.07 Å². The molecular weight excluding hydrogens is 366 g/mol. The van der Waals surface area contributed by atoms with Gasteiger partial charge in [0.05, 0.1) is 11.2 Å². The van der Waals surface area contributed by atoms with Crippen molar-refractivity contribution in [1.82, 2.24) is 15.0 Å². The third-order valence-electron chi connectivity index (χ3n) is 4.95. The maximum absolute atomic E-state index is 12.2. The monoisotopic (exact) mass is 385 g/mol. The number of ether oxygens (including phenoxy) is 1. The Bertz CT molecular complexity index is 1280. The summed E-state index contributed by atoms with van der Waals surface area (Å²) in [6.45, 7) is 3.38. The van der Waals surface area contributed by atoms with Gasteiger partial charge in [-0.25, -0.2) is 9.97 Å². The maximum Gasteiger partial charge on any atom is 0.256 e. The van der Waals surface area contributed by atoms with Crippen molar-refractivity contribution in [2.45, 2.75) is 6.92 Å². The highest BCUT2D eigenvalue weighted by Gasteiger charge is 2.11. The summed E-state index contributed by atoms with van der Waals surface area (Å²) in [6, 6.07) is 13.5. The van der Waals surface area contributed by atoms with Gasteiger partial charge in [0, 0.05) is 35.6 Å². The Morgan fingerprint density at radius 3 is 2.97 bits per heavy atom. The van der Waals surface area contributed by atoms with Crippen LogP contribution in [0.15, 0.2) is 59.7 Å². The molecule has 2 aromatic carbocycles. The first-order valence-electron chi connectivity index (χ1n) is 9.40. The van der Waals surface area contributed by atoms with Gasteiger partial charge in [0.15, 0.2) is 0 Å². The van der Waals surface area contributed by atoms with E-state index in [-0.39, 0.29) is 5.56 Å². The van der Waals surface area contributed by atoms with Gasteiger partial charge in [0.25, 0.3) is 5.56 Å². The highest BCUT2D eigenvalue weighted by molar-refractivity contribution is 5.85. The lowest BCUT2D eigenvalue weighted by Gasteiger charge is -2.19. The number of aryl methyl sites for hydroxylation is 1. The number of fused-ring (bicyclic) bond motifs is 2. The van der Waals surface area contributed by atoms with Crippen LogP contribution >= 0.6 is 0 Å². The molecule has 4 aromatic rings. The lowest BCUT2D eigenvalue weighted by atomic mass is 10.0. The van der Waals surface area contributed by atoms with Crippen LogP contribution in [0.2, 0.25) is 0 Å². The van der Waals surface area contributed by atoms with Crippen LogP contribution in [0, 0.1) is 6.92 Å². The van der Waals surface area contributed by atoms with E-state index in [1.54, 1.807) is 12.4 Å². The second-order valence-corrected chi connectivity index (χ2v) is 6.94. The first kappa shape index (κ1) is 17.2. The molecule has 7 nitrogen and oxygen atoms in total. The lowest BCUT2D eigenvalue weighted by molar-refractivity contribution is 0.323. The van der Waals surface area contributed by atoms with E-state index in [0.29, 0.717) is 18.1 Å². The number of nitrogens with zero attached hydrogens (tertiary/aromatic N) is 2. The molecule has 144 valence electrons. The molecule has 0 unspecified atom stereocenters. The zero-order valence-electron chi connectivity index (χ0n) is 15.8. The van der Waals surface area contributed by atoms with E-state index in [0.717, 1.165) is 45.7 Å². The Kier molecular flexibility index (Phi) is 4.13. The van der Waals surface area contributed by atoms with Crippen molar-refractivity contribution in [3.8, 4) is 16.9 Å². The molecule has 3 heterocycles. The van der Waals surface area contributed by atoms with Crippen LogP contribution < -0.4 is 20.9 Å². The molecule has 1 aliphatic heterocycles. The number of aromatic nitrogens is 3. The van der Waals surface area contributed by atoms with Crippen molar-refractivity contribution in [3.63, 3.8) is 0 Å². The van der Waals surface area contributed by atoms with E-state index in [1.807, 2.05) is 49.4 Å². The summed E-state index contributed by atoms with van der Waals surface area (Å²) in [5, 5.41) is 7.42. The van der Waals surface area contributed by atoms with Crippen molar-refractivity contribution >= 4 is 28.2 Å². The number of nitrogens with one attached hydrogen (secondary N) is 3. The van der Waals surface area contributed by atoms with Crippen LogP contribution in [0.1, 0.15) is 5.56 Å². The van der Waals surface area contributed by atoms with Gasteiger partial charge < -0.3 is 20.4 Å². The summed E-state index contributed by atoms with van der Waals surface area (Å²) in [5.41, 5.74) is 4.98. The highest BCUT2D eigenvalue weighted by Crippen LogP contribution is 2.31. The molecule has 0 fully saturated rings. The standard InChI is InChI=1S/C22H19N5O2/c1-13-6-7-24-21(28)20(13)14-2-4-17-15(10-14)12-25-22(27-17)26-16-3-5-19-18(11-16)23-8-9-29-19/h2-7,10-12,23H,8-9H2,1H3,(H,24,28)(H,25,26,27). The fourth-order valence-corrected chi connectivity index (χ4v) is 3.53. The van der Waals surface area contributed by atoms with Crippen molar-refractivity contribution in [2.75, 3.05) is 23.8 Å². The van der Waals surface area contributed by atoms with Crippen LogP contribution in [0.3, 0.4) is 0 Å². The molecule has 29 heavy (non-hydrogen) atoms. The summed E-state index contributed by atoms with van der Waals surface area (Å²) >= 11 is 0. The Morgan fingerprint density at radius 2 is 2.07 bits per heavy atom. The van der Waals surface area contributed by atoms with Crippen molar-refractivity contribution < 1.29 is 4.74 Å². The molecule has 3 N–H and O–H groups in total. The molecule has 0 amide bonds. The Labute approximate surface area is 166 Å². The number of hydrogen-bond acceptors (Lipinski definition) is 6. The minimum absolute atomic E-state index is 0.103. The normalized spacial score (nSPS) is 12.7. The van der Waals surface area contributed by atoms with Gasteiger partial charge in [-0.15, -0.1) is 0 Å². The molecule has 1 aliphatic rings. The third-order valence-corrected chi connectivity index (χ3v) is 4.95. The summed E-state index contributed by atoms with van der Waals surface area (Å²) in [7, 11) is 0. The fourth-order valence-electron chi connectivity index (χ4n) is 3.53. The van der Waals surface area contributed by atoms with Crippen LogP contribution in [0.5, 0.6) is 5.75 Å². The Morgan fingerprint density at radius 1 is 1.14 bits per heavy atom. The van der Waals surface area contributed by atoms with Crippen LogP contribution in [0.25, 0.3) is 22.0 Å². The number of hydrogen-bond donors (Lipinski definition) is 3. The summed E-state index contributed by atoms with van der Waals surface area (Å²) < 4.78 is 5.60. The molecule has 0 aliphatic carbocycles. The number of benzene rings is 2. The first-order valence-corrected chi connectivity index (χ1v) is 9.40. The second-order valence-electron chi connectivity index (χ2n) is 6.94. The predicted molar refractivity (Wildman–Crippen MR) is 114 cm³/mol. The van der Waals surface area contributed by atoms with Crippen LogP contribution in [-0.2, 0) is 0 Å². The molecule has 0 atom stereocenters. The van der Waals surface area contributed by atoms with Gasteiger partial charge in [0.2, 0.25) is 5.95 Å². The second kappa shape index (κ2) is 6.94. The van der Waals surface area contributed by atoms with E-state index in [9.17, 15) is 4.79 Å². The maximum atomic E-state index is 12.2. The zero-order chi connectivity index (χ0) is 19.8. The summed E-state index contributed by atoms with van der Waals surface area (Å²) in [5.74, 6) is 1.36. The average Bonchev–Trinajstić information content (AvgIpc) is 2.73. The van der Waals surface area contributed by atoms with E-state index in [4.69, 9.17) is 4.74 Å². The van der Waals surface area contributed by atoms with E-state index < -0.39 is 0 Å². The van der Waals surface area contributed by atoms with Gasteiger partial charge in [-0.3, -0.25) is 4.79 Å². The zero-order valence-corrected chi connectivity index (χ0v) is 15.8. The lowest BCUT2D eigenvalue weighted by Crippen LogP contribution is -2.17.